The second-order valence-corrected chi connectivity index (χ2v) is 5.68. The molecule has 0 aromatic heterocycles. The third-order valence-corrected chi connectivity index (χ3v) is 4.34. The van der Waals surface area contributed by atoms with E-state index in [0.717, 1.165) is 30.0 Å². The first-order valence-corrected chi connectivity index (χ1v) is 7.50. The Morgan fingerprint density at radius 2 is 2.00 bits per heavy atom. The van der Waals surface area contributed by atoms with Crippen LogP contribution in [0.4, 0.5) is 5.69 Å². The molecular weight excluding hydrogens is 244 g/mol. The Balaban J connectivity index is 1.99. The molecule has 2 aromatic carbocycles. The number of nitrogens with zero attached hydrogens (tertiary/aromatic N) is 2. The van der Waals surface area contributed by atoms with Gasteiger partial charge in [-0.25, -0.2) is 0 Å². The average molecular weight is 264 g/mol. The molecule has 1 aliphatic heterocycles. The number of hydrogen-bond donors (Lipinski definition) is 0. The summed E-state index contributed by atoms with van der Waals surface area (Å²) in [5.41, 5.74) is 2.06. The molecule has 2 nitrogen and oxygen atoms in total. The quantitative estimate of drug-likeness (QED) is 0.824. The summed E-state index contributed by atoms with van der Waals surface area (Å²) in [4.78, 5) is 2.49. The maximum Gasteiger partial charge on any atom is 0.0998 e. The summed E-state index contributed by atoms with van der Waals surface area (Å²) in [6.45, 7) is 4.56. The van der Waals surface area contributed by atoms with E-state index in [1.165, 1.54) is 30.3 Å². The molecule has 0 spiro atoms. The lowest BCUT2D eigenvalue weighted by Crippen LogP contribution is -2.19. The summed E-state index contributed by atoms with van der Waals surface area (Å²) in [6.07, 6.45) is 3.89. The Bertz CT molecular complexity index is 654. The van der Waals surface area contributed by atoms with Crippen molar-refractivity contribution in [2.24, 2.45) is 5.92 Å². The van der Waals surface area contributed by atoms with Crippen LogP contribution in [0.15, 0.2) is 36.4 Å². The van der Waals surface area contributed by atoms with E-state index in [2.05, 4.69) is 42.2 Å². The Labute approximate surface area is 120 Å². The van der Waals surface area contributed by atoms with Crippen LogP contribution >= 0.6 is 0 Å². The van der Waals surface area contributed by atoms with Gasteiger partial charge in [-0.3, -0.25) is 0 Å². The van der Waals surface area contributed by atoms with Crippen LogP contribution in [0, 0.1) is 17.2 Å². The zero-order valence-electron chi connectivity index (χ0n) is 12.0. The summed E-state index contributed by atoms with van der Waals surface area (Å²) < 4.78 is 0. The van der Waals surface area contributed by atoms with Gasteiger partial charge in [-0.15, -0.1) is 0 Å². The minimum atomic E-state index is 0.772. The zero-order valence-corrected chi connectivity index (χ0v) is 12.0. The number of nitriles is 1. The van der Waals surface area contributed by atoms with E-state index in [-0.39, 0.29) is 0 Å². The molecule has 20 heavy (non-hydrogen) atoms. The minimum absolute atomic E-state index is 0.772. The highest BCUT2D eigenvalue weighted by Gasteiger charge is 2.23. The zero-order chi connectivity index (χ0) is 13.9. The highest BCUT2D eigenvalue weighted by molar-refractivity contribution is 5.97. The van der Waals surface area contributed by atoms with Gasteiger partial charge in [-0.1, -0.05) is 37.6 Å². The molecule has 2 heteroatoms. The van der Waals surface area contributed by atoms with Gasteiger partial charge in [0.05, 0.1) is 11.6 Å². The fourth-order valence-corrected chi connectivity index (χ4v) is 3.35. The van der Waals surface area contributed by atoms with Gasteiger partial charge in [-0.05, 0) is 30.9 Å². The van der Waals surface area contributed by atoms with Crippen molar-refractivity contribution in [2.45, 2.75) is 26.2 Å². The topological polar surface area (TPSA) is 27.0 Å². The minimum Gasteiger partial charge on any atom is -0.371 e. The Kier molecular flexibility index (Phi) is 3.60. The van der Waals surface area contributed by atoms with E-state index >= 15 is 0 Å². The summed E-state index contributed by atoms with van der Waals surface area (Å²) in [5, 5.41) is 11.5. The van der Waals surface area contributed by atoms with Crippen molar-refractivity contribution in [2.75, 3.05) is 18.0 Å². The average Bonchev–Trinajstić information content (AvgIpc) is 2.95. The molecule has 0 amide bonds. The molecule has 1 unspecified atom stereocenters. The molecule has 2 aromatic rings. The number of anilines is 1. The molecule has 102 valence electrons. The SMILES string of the molecule is CCCC1CCN(c2ccc(C#N)c3ccccc23)C1. The van der Waals surface area contributed by atoms with Crippen LogP contribution < -0.4 is 4.90 Å². The van der Waals surface area contributed by atoms with Crippen molar-refractivity contribution in [3.8, 4) is 6.07 Å². The summed E-state index contributed by atoms with van der Waals surface area (Å²) in [5.74, 6) is 0.828. The van der Waals surface area contributed by atoms with E-state index in [9.17, 15) is 5.26 Å². The van der Waals surface area contributed by atoms with Gasteiger partial charge in [0, 0.05) is 29.5 Å². The predicted molar refractivity (Wildman–Crippen MR) is 83.9 cm³/mol. The van der Waals surface area contributed by atoms with Crippen LogP contribution in [0.1, 0.15) is 31.7 Å². The van der Waals surface area contributed by atoms with Crippen molar-refractivity contribution in [1.82, 2.24) is 0 Å². The fourth-order valence-electron chi connectivity index (χ4n) is 3.35. The maximum atomic E-state index is 9.24. The molecular formula is C18H20N2. The first kappa shape index (κ1) is 13.0. The Morgan fingerprint density at radius 1 is 1.20 bits per heavy atom. The molecule has 0 saturated carbocycles. The van der Waals surface area contributed by atoms with Crippen molar-refractivity contribution < 1.29 is 0 Å². The summed E-state index contributed by atoms with van der Waals surface area (Å²) in [7, 11) is 0. The molecule has 0 aliphatic carbocycles. The number of benzene rings is 2. The third kappa shape index (κ3) is 2.25. The lowest BCUT2D eigenvalue weighted by Gasteiger charge is -2.21. The smallest absolute Gasteiger partial charge is 0.0998 e. The lowest BCUT2D eigenvalue weighted by molar-refractivity contribution is 0.530. The Morgan fingerprint density at radius 3 is 2.75 bits per heavy atom. The van der Waals surface area contributed by atoms with Crippen molar-refractivity contribution in [1.29, 1.82) is 5.26 Å². The van der Waals surface area contributed by atoms with E-state index in [0.29, 0.717) is 0 Å². The van der Waals surface area contributed by atoms with E-state index in [1.54, 1.807) is 0 Å². The normalized spacial score (nSPS) is 18.4. The molecule has 1 saturated heterocycles. The molecule has 3 rings (SSSR count). The molecule has 0 bridgehead atoms. The molecule has 1 heterocycles. The largest absolute Gasteiger partial charge is 0.371 e. The van der Waals surface area contributed by atoms with E-state index in [4.69, 9.17) is 0 Å². The standard InChI is InChI=1S/C18H20N2/c1-2-5-14-10-11-20(13-14)18-9-8-15(12-19)16-6-3-4-7-17(16)18/h3-4,6-9,14H,2,5,10-11,13H2,1H3. The second-order valence-electron chi connectivity index (χ2n) is 5.68. The van der Waals surface area contributed by atoms with Gasteiger partial charge < -0.3 is 4.90 Å². The predicted octanol–water partition coefficient (Wildman–Crippen LogP) is 4.34. The van der Waals surface area contributed by atoms with Gasteiger partial charge >= 0.3 is 0 Å². The van der Waals surface area contributed by atoms with Crippen LogP contribution in [-0.4, -0.2) is 13.1 Å². The highest BCUT2D eigenvalue weighted by Crippen LogP contribution is 2.33. The molecule has 1 atom stereocenters. The van der Waals surface area contributed by atoms with Gasteiger partial charge in [0.25, 0.3) is 0 Å². The fraction of sp³-hybridized carbons (Fsp3) is 0.389. The van der Waals surface area contributed by atoms with Gasteiger partial charge in [0.1, 0.15) is 0 Å². The molecule has 1 fully saturated rings. The number of rotatable bonds is 3. The first-order valence-electron chi connectivity index (χ1n) is 7.50. The van der Waals surface area contributed by atoms with Gasteiger partial charge in [-0.2, -0.15) is 5.26 Å². The summed E-state index contributed by atoms with van der Waals surface area (Å²) in [6, 6.07) is 14.6. The first-order chi connectivity index (χ1) is 9.83. The van der Waals surface area contributed by atoms with Crippen LogP contribution in [0.3, 0.4) is 0 Å². The van der Waals surface area contributed by atoms with Crippen LogP contribution in [0.5, 0.6) is 0 Å². The van der Waals surface area contributed by atoms with E-state index < -0.39 is 0 Å². The number of hydrogen-bond acceptors (Lipinski definition) is 2. The second kappa shape index (κ2) is 5.54. The van der Waals surface area contributed by atoms with Crippen LogP contribution in [0.25, 0.3) is 10.8 Å². The molecule has 1 aliphatic rings. The summed E-state index contributed by atoms with van der Waals surface area (Å²) >= 11 is 0. The van der Waals surface area contributed by atoms with Crippen molar-refractivity contribution >= 4 is 16.5 Å². The van der Waals surface area contributed by atoms with E-state index in [1.807, 2.05) is 12.1 Å². The monoisotopic (exact) mass is 264 g/mol. The van der Waals surface area contributed by atoms with Crippen molar-refractivity contribution in [3.05, 3.63) is 42.0 Å². The highest BCUT2D eigenvalue weighted by atomic mass is 15.1. The third-order valence-electron chi connectivity index (χ3n) is 4.34. The van der Waals surface area contributed by atoms with Gasteiger partial charge in [0.2, 0.25) is 0 Å². The maximum absolute atomic E-state index is 9.24. The Hall–Kier alpha value is -2.01. The van der Waals surface area contributed by atoms with Crippen molar-refractivity contribution in [3.63, 3.8) is 0 Å². The number of fused-ring (bicyclic) bond motifs is 1. The molecule has 0 N–H and O–H groups in total. The van der Waals surface area contributed by atoms with Crippen LogP contribution in [0.2, 0.25) is 0 Å². The van der Waals surface area contributed by atoms with Crippen LogP contribution in [-0.2, 0) is 0 Å². The molecule has 0 radical (unpaired) electrons. The lowest BCUT2D eigenvalue weighted by atomic mass is 10.0. The van der Waals surface area contributed by atoms with Gasteiger partial charge in [0.15, 0.2) is 0 Å².